The molecular weight excluding hydrogens is 509 g/mol. The van der Waals surface area contributed by atoms with Crippen molar-refractivity contribution in [2.45, 2.75) is 58.7 Å². The smallest absolute Gasteiger partial charge is 0.258 e. The summed E-state index contributed by atoms with van der Waals surface area (Å²) < 4.78 is 0. The van der Waals surface area contributed by atoms with Crippen molar-refractivity contribution in [3.63, 3.8) is 0 Å². The van der Waals surface area contributed by atoms with Crippen molar-refractivity contribution >= 4 is 57.4 Å². The third-order valence-corrected chi connectivity index (χ3v) is 7.53. The fraction of sp³-hybridized carbons (Fsp3) is 0.345. The fourth-order valence-electron chi connectivity index (χ4n) is 4.61. The zero-order valence-corrected chi connectivity index (χ0v) is 22.8. The van der Waals surface area contributed by atoms with Gasteiger partial charge in [0, 0.05) is 46.5 Å². The quantitative estimate of drug-likeness (QED) is 0.332. The van der Waals surface area contributed by atoms with Crippen LogP contribution in [-0.4, -0.2) is 41.2 Å². The van der Waals surface area contributed by atoms with Gasteiger partial charge in [-0.2, -0.15) is 0 Å². The van der Waals surface area contributed by atoms with Gasteiger partial charge in [-0.15, -0.1) is 0 Å². The Morgan fingerprint density at radius 2 is 1.78 bits per heavy atom. The number of halogens is 2. The van der Waals surface area contributed by atoms with Crippen LogP contribution in [-0.2, 0) is 16.1 Å². The van der Waals surface area contributed by atoms with Gasteiger partial charge in [0.05, 0.1) is 5.69 Å². The van der Waals surface area contributed by atoms with Gasteiger partial charge in [0.2, 0.25) is 11.8 Å². The predicted molar refractivity (Wildman–Crippen MR) is 149 cm³/mol. The molecule has 6 nitrogen and oxygen atoms in total. The number of carbonyl (C=O) groups is 3. The third kappa shape index (κ3) is 5.76. The molecule has 0 radical (unpaired) electrons. The molecule has 0 aliphatic carbocycles. The summed E-state index contributed by atoms with van der Waals surface area (Å²) in [4.78, 5) is 42.8. The van der Waals surface area contributed by atoms with Crippen LogP contribution >= 0.6 is 23.2 Å². The normalized spacial score (nSPS) is 14.1. The van der Waals surface area contributed by atoms with E-state index >= 15 is 0 Å². The lowest BCUT2D eigenvalue weighted by Crippen LogP contribution is -2.49. The van der Waals surface area contributed by atoms with Crippen LogP contribution in [0, 0.1) is 0 Å². The summed E-state index contributed by atoms with van der Waals surface area (Å²) >= 11 is 12.4. The molecule has 4 rings (SSSR count). The van der Waals surface area contributed by atoms with E-state index in [0.717, 1.165) is 22.9 Å². The van der Waals surface area contributed by atoms with Crippen LogP contribution in [0.4, 0.5) is 5.69 Å². The zero-order valence-electron chi connectivity index (χ0n) is 21.3. The first-order valence-corrected chi connectivity index (χ1v) is 13.3. The average Bonchev–Trinajstić information content (AvgIpc) is 3.15. The zero-order chi connectivity index (χ0) is 26.7. The van der Waals surface area contributed by atoms with E-state index in [9.17, 15) is 14.4 Å². The number of amides is 3. The van der Waals surface area contributed by atoms with Crippen molar-refractivity contribution < 1.29 is 14.4 Å². The summed E-state index contributed by atoms with van der Waals surface area (Å²) in [5.74, 6) is -0.449. The average molecular weight is 540 g/mol. The highest BCUT2D eigenvalue weighted by Gasteiger charge is 2.30. The highest BCUT2D eigenvalue weighted by Crippen LogP contribution is 2.37. The second kappa shape index (κ2) is 11.5. The van der Waals surface area contributed by atoms with Crippen molar-refractivity contribution in [2.75, 3.05) is 11.4 Å². The summed E-state index contributed by atoms with van der Waals surface area (Å²) in [5.41, 5.74) is 2.27. The van der Waals surface area contributed by atoms with Crippen LogP contribution in [0.25, 0.3) is 10.8 Å². The molecule has 37 heavy (non-hydrogen) atoms. The molecule has 2 unspecified atom stereocenters. The van der Waals surface area contributed by atoms with E-state index in [1.54, 1.807) is 34.9 Å². The van der Waals surface area contributed by atoms with Crippen LogP contribution in [0.3, 0.4) is 0 Å². The molecule has 3 aromatic rings. The molecule has 1 aliphatic heterocycles. The standard InChI is InChI=1S/C29H31Cl2N3O3/c1-4-18(2)32-28(36)19(3)34(17-21-13-14-22(30)16-24(21)31)26(35)12-7-15-33-25-11-6-9-20-8-5-10-23(27(20)25)29(33)37/h5-6,8-11,13-14,16,18-19H,4,7,12,15,17H2,1-3H3,(H,32,36). The number of hydrogen-bond donors (Lipinski definition) is 1. The van der Waals surface area contributed by atoms with Gasteiger partial charge < -0.3 is 15.1 Å². The molecule has 3 aromatic carbocycles. The molecule has 0 saturated carbocycles. The first-order valence-electron chi connectivity index (χ1n) is 12.6. The van der Waals surface area contributed by atoms with Gasteiger partial charge in [-0.25, -0.2) is 0 Å². The lowest BCUT2D eigenvalue weighted by Gasteiger charge is -2.30. The maximum absolute atomic E-state index is 13.5. The molecule has 1 heterocycles. The Labute approximate surface area is 227 Å². The Morgan fingerprint density at radius 1 is 1.05 bits per heavy atom. The van der Waals surface area contributed by atoms with Crippen molar-refractivity contribution in [3.8, 4) is 0 Å². The van der Waals surface area contributed by atoms with E-state index in [2.05, 4.69) is 5.32 Å². The van der Waals surface area contributed by atoms with E-state index in [1.165, 1.54) is 0 Å². The fourth-order valence-corrected chi connectivity index (χ4v) is 5.08. The lowest BCUT2D eigenvalue weighted by atomic mass is 10.1. The maximum Gasteiger partial charge on any atom is 0.258 e. The topological polar surface area (TPSA) is 69.7 Å². The predicted octanol–water partition coefficient (Wildman–Crippen LogP) is 6.22. The largest absolute Gasteiger partial charge is 0.352 e. The van der Waals surface area contributed by atoms with E-state index in [1.807, 2.05) is 50.2 Å². The number of hydrogen-bond acceptors (Lipinski definition) is 3. The second-order valence-electron chi connectivity index (χ2n) is 9.49. The van der Waals surface area contributed by atoms with E-state index in [0.29, 0.717) is 34.1 Å². The molecule has 1 N–H and O–H groups in total. The van der Waals surface area contributed by atoms with Crippen LogP contribution in [0.2, 0.25) is 10.0 Å². The van der Waals surface area contributed by atoms with Crippen LogP contribution in [0.15, 0.2) is 54.6 Å². The highest BCUT2D eigenvalue weighted by atomic mass is 35.5. The van der Waals surface area contributed by atoms with Gasteiger partial charge in [-0.05, 0) is 61.9 Å². The van der Waals surface area contributed by atoms with Crippen LogP contribution < -0.4 is 10.2 Å². The Balaban J connectivity index is 1.48. The molecule has 194 valence electrons. The summed E-state index contributed by atoms with van der Waals surface area (Å²) in [6.45, 7) is 6.22. The maximum atomic E-state index is 13.5. The minimum Gasteiger partial charge on any atom is -0.352 e. The second-order valence-corrected chi connectivity index (χ2v) is 10.3. The van der Waals surface area contributed by atoms with Gasteiger partial charge >= 0.3 is 0 Å². The molecule has 0 saturated heterocycles. The minimum atomic E-state index is -0.695. The van der Waals surface area contributed by atoms with Gasteiger partial charge in [-0.3, -0.25) is 14.4 Å². The lowest BCUT2D eigenvalue weighted by molar-refractivity contribution is -0.140. The van der Waals surface area contributed by atoms with Gasteiger partial charge in [0.25, 0.3) is 5.91 Å². The SMILES string of the molecule is CCC(C)NC(=O)C(C)N(Cc1ccc(Cl)cc1Cl)C(=O)CCCN1C(=O)c2cccc3cccc1c23. The summed E-state index contributed by atoms with van der Waals surface area (Å²) in [7, 11) is 0. The van der Waals surface area contributed by atoms with Gasteiger partial charge in [0.1, 0.15) is 6.04 Å². The van der Waals surface area contributed by atoms with Gasteiger partial charge in [-0.1, -0.05) is 60.5 Å². The molecule has 0 fully saturated rings. The molecule has 0 bridgehead atoms. The van der Waals surface area contributed by atoms with Crippen LogP contribution in [0.5, 0.6) is 0 Å². The molecule has 8 heteroatoms. The number of carbonyl (C=O) groups excluding carboxylic acids is 3. The monoisotopic (exact) mass is 539 g/mol. The first-order chi connectivity index (χ1) is 17.7. The van der Waals surface area contributed by atoms with Crippen molar-refractivity contribution in [3.05, 3.63) is 75.8 Å². The number of anilines is 1. The number of rotatable bonds is 10. The third-order valence-electron chi connectivity index (χ3n) is 6.95. The summed E-state index contributed by atoms with van der Waals surface area (Å²) in [5, 5.41) is 5.88. The van der Waals surface area contributed by atoms with Gasteiger partial charge in [0.15, 0.2) is 0 Å². The summed E-state index contributed by atoms with van der Waals surface area (Å²) in [6.07, 6.45) is 1.43. The Bertz CT molecular complexity index is 1340. The minimum absolute atomic E-state index is 0.00320. The molecule has 3 amide bonds. The molecule has 0 spiro atoms. The van der Waals surface area contributed by atoms with Crippen molar-refractivity contribution in [1.29, 1.82) is 0 Å². The Kier molecular flexibility index (Phi) is 8.40. The molecule has 1 aliphatic rings. The van der Waals surface area contributed by atoms with Crippen molar-refractivity contribution in [2.24, 2.45) is 0 Å². The van der Waals surface area contributed by atoms with E-state index < -0.39 is 6.04 Å². The number of nitrogens with one attached hydrogen (secondary N) is 1. The molecular formula is C29H31Cl2N3O3. The molecule has 2 atom stereocenters. The van der Waals surface area contributed by atoms with Crippen LogP contribution in [0.1, 0.15) is 56.0 Å². The molecule has 0 aromatic heterocycles. The number of nitrogens with zero attached hydrogens (tertiary/aromatic N) is 2. The number of benzene rings is 3. The highest BCUT2D eigenvalue weighted by molar-refractivity contribution is 6.35. The first kappa shape index (κ1) is 27.0. The summed E-state index contributed by atoms with van der Waals surface area (Å²) in [6, 6.07) is 16.0. The van der Waals surface area contributed by atoms with E-state index in [-0.39, 0.29) is 36.7 Å². The Hall–Kier alpha value is -3.09. The Morgan fingerprint density at radius 3 is 2.49 bits per heavy atom. The van der Waals surface area contributed by atoms with E-state index in [4.69, 9.17) is 23.2 Å². The van der Waals surface area contributed by atoms with Crippen molar-refractivity contribution in [1.82, 2.24) is 10.2 Å².